The summed E-state index contributed by atoms with van der Waals surface area (Å²) >= 11 is 0. The van der Waals surface area contributed by atoms with Crippen LogP contribution in [-0.4, -0.2) is 55.8 Å². The van der Waals surface area contributed by atoms with Crippen LogP contribution in [-0.2, 0) is 14.8 Å². The highest BCUT2D eigenvalue weighted by molar-refractivity contribution is 7.89. The van der Waals surface area contributed by atoms with Crippen LogP contribution in [0, 0.1) is 0 Å². The van der Waals surface area contributed by atoms with Crippen molar-refractivity contribution in [3.8, 4) is 5.75 Å². The van der Waals surface area contributed by atoms with Crippen LogP contribution >= 0.6 is 0 Å². The molecule has 0 aliphatic carbocycles. The molecule has 3 aliphatic rings. The highest BCUT2D eigenvalue weighted by Gasteiger charge is 2.40. The Morgan fingerprint density at radius 2 is 1.69 bits per heavy atom. The van der Waals surface area contributed by atoms with Crippen LogP contribution in [0.15, 0.2) is 23.1 Å². The van der Waals surface area contributed by atoms with Crippen LogP contribution in [0.5, 0.6) is 5.75 Å². The first-order valence-corrected chi connectivity index (χ1v) is 11.0. The molecule has 6 nitrogen and oxygen atoms in total. The molecule has 2 saturated heterocycles. The van der Waals surface area contributed by atoms with E-state index >= 15 is 0 Å². The number of hydrogen-bond acceptors (Lipinski definition) is 4. The van der Waals surface area contributed by atoms with Crippen molar-refractivity contribution < 1.29 is 17.9 Å². The van der Waals surface area contributed by atoms with E-state index in [0.717, 1.165) is 50.8 Å². The maximum Gasteiger partial charge on any atom is 0.264 e. The van der Waals surface area contributed by atoms with E-state index in [-0.39, 0.29) is 11.8 Å². The number of ether oxygens (including phenoxy) is 1. The van der Waals surface area contributed by atoms with Gasteiger partial charge < -0.3 is 9.64 Å². The van der Waals surface area contributed by atoms with Crippen molar-refractivity contribution in [3.05, 3.63) is 23.8 Å². The first-order valence-electron chi connectivity index (χ1n) is 9.58. The maximum absolute atomic E-state index is 12.9. The molecule has 2 unspecified atom stereocenters. The minimum Gasteiger partial charge on any atom is -0.480 e. The monoisotopic (exact) mass is 378 g/mol. The summed E-state index contributed by atoms with van der Waals surface area (Å²) in [6.45, 7) is 4.69. The van der Waals surface area contributed by atoms with Gasteiger partial charge in [-0.2, -0.15) is 4.31 Å². The van der Waals surface area contributed by atoms with Gasteiger partial charge in [0.05, 0.1) is 4.90 Å². The van der Waals surface area contributed by atoms with Crippen LogP contribution in [0.4, 0.5) is 0 Å². The number of amides is 1. The molecule has 1 aromatic carbocycles. The molecule has 0 bridgehead atoms. The summed E-state index contributed by atoms with van der Waals surface area (Å²) in [7, 11) is -3.48. The average molecular weight is 378 g/mol. The molecule has 2 fully saturated rings. The quantitative estimate of drug-likeness (QED) is 0.810. The number of likely N-dealkylation sites (tertiary alicyclic amines) is 1. The van der Waals surface area contributed by atoms with Gasteiger partial charge in [-0.1, -0.05) is 13.3 Å². The van der Waals surface area contributed by atoms with Crippen molar-refractivity contribution in [1.82, 2.24) is 9.21 Å². The van der Waals surface area contributed by atoms with E-state index in [9.17, 15) is 13.2 Å². The second-order valence-electron chi connectivity index (χ2n) is 7.52. The van der Waals surface area contributed by atoms with Crippen LogP contribution in [0.25, 0.3) is 0 Å². The lowest BCUT2D eigenvalue weighted by atomic mass is 9.97. The Labute approximate surface area is 155 Å². The number of carbonyl (C=O) groups excluding carboxylic acids is 1. The summed E-state index contributed by atoms with van der Waals surface area (Å²) in [5.41, 5.74) is 0.820. The number of nitrogens with zero attached hydrogens (tertiary/aromatic N) is 2. The molecule has 0 N–H and O–H groups in total. The highest BCUT2D eigenvalue weighted by atomic mass is 32.2. The van der Waals surface area contributed by atoms with Crippen LogP contribution in [0.3, 0.4) is 0 Å². The Hall–Kier alpha value is -1.60. The van der Waals surface area contributed by atoms with Gasteiger partial charge in [0.25, 0.3) is 5.91 Å². The molecule has 0 spiro atoms. The van der Waals surface area contributed by atoms with E-state index in [1.54, 1.807) is 22.5 Å². The number of hydrogen-bond donors (Lipinski definition) is 0. The lowest BCUT2D eigenvalue weighted by molar-refractivity contribution is -0.137. The Morgan fingerprint density at radius 1 is 1.04 bits per heavy atom. The summed E-state index contributed by atoms with van der Waals surface area (Å²) in [6, 6.07) is 5.03. The highest BCUT2D eigenvalue weighted by Crippen LogP contribution is 2.40. The fourth-order valence-electron chi connectivity index (χ4n) is 4.19. The summed E-state index contributed by atoms with van der Waals surface area (Å²) < 4.78 is 33.3. The normalized spacial score (nSPS) is 26.6. The van der Waals surface area contributed by atoms with Gasteiger partial charge in [0, 0.05) is 37.7 Å². The van der Waals surface area contributed by atoms with Crippen molar-refractivity contribution in [2.45, 2.75) is 55.9 Å². The van der Waals surface area contributed by atoms with Gasteiger partial charge in [-0.15, -0.1) is 0 Å². The van der Waals surface area contributed by atoms with Crippen LogP contribution in [0.1, 0.15) is 50.5 Å². The molecule has 3 aliphatic heterocycles. The molecular formula is C19H26N2O4S. The summed E-state index contributed by atoms with van der Waals surface area (Å²) in [6.07, 6.45) is 4.44. The van der Waals surface area contributed by atoms with Crippen molar-refractivity contribution >= 4 is 15.9 Å². The Morgan fingerprint density at radius 3 is 2.38 bits per heavy atom. The van der Waals surface area contributed by atoms with Crippen molar-refractivity contribution in [2.75, 3.05) is 26.2 Å². The van der Waals surface area contributed by atoms with Crippen molar-refractivity contribution in [2.24, 2.45) is 0 Å². The number of fused-ring (bicyclic) bond motifs is 1. The second kappa shape index (κ2) is 6.85. The first kappa shape index (κ1) is 17.8. The standard InChI is InChI=1S/C19H26N2O4S/c1-14-16-13-15(26(23,24)21-11-3-2-4-12-21)7-8-17(16)25-18(14)19(22)20-9-5-6-10-20/h7-8,13-14,18H,2-6,9-12H2,1H3. The summed E-state index contributed by atoms with van der Waals surface area (Å²) in [5, 5.41) is 0. The minimum atomic E-state index is -3.48. The Bertz CT molecular complexity index is 796. The predicted octanol–water partition coefficient (Wildman–Crippen LogP) is 2.35. The van der Waals surface area contributed by atoms with Crippen LogP contribution < -0.4 is 4.74 Å². The third-order valence-electron chi connectivity index (χ3n) is 5.79. The number of sulfonamides is 1. The zero-order chi connectivity index (χ0) is 18.3. The topological polar surface area (TPSA) is 66.9 Å². The minimum absolute atomic E-state index is 0.0200. The molecule has 1 amide bonds. The van der Waals surface area contributed by atoms with E-state index in [2.05, 4.69) is 0 Å². The lowest BCUT2D eigenvalue weighted by Gasteiger charge is -2.26. The largest absolute Gasteiger partial charge is 0.480 e. The van der Waals surface area contributed by atoms with Gasteiger partial charge in [-0.3, -0.25) is 4.79 Å². The zero-order valence-corrected chi connectivity index (χ0v) is 16.0. The van der Waals surface area contributed by atoms with E-state index < -0.39 is 16.1 Å². The zero-order valence-electron chi connectivity index (χ0n) is 15.2. The Balaban J connectivity index is 1.58. The molecule has 0 radical (unpaired) electrons. The molecule has 0 aromatic heterocycles. The summed E-state index contributed by atoms with van der Waals surface area (Å²) in [5.74, 6) is 0.508. The fraction of sp³-hybridized carbons (Fsp3) is 0.632. The molecule has 0 saturated carbocycles. The van der Waals surface area contributed by atoms with E-state index in [4.69, 9.17) is 4.74 Å². The van der Waals surface area contributed by atoms with Gasteiger partial charge >= 0.3 is 0 Å². The first-order chi connectivity index (χ1) is 12.5. The average Bonchev–Trinajstić information content (AvgIpc) is 3.30. The SMILES string of the molecule is CC1c2cc(S(=O)(=O)N3CCCCC3)ccc2OC1C(=O)N1CCCC1. The molecule has 2 atom stereocenters. The smallest absolute Gasteiger partial charge is 0.264 e. The van der Waals surface area contributed by atoms with Gasteiger partial charge in [-0.05, 0) is 43.9 Å². The predicted molar refractivity (Wildman–Crippen MR) is 97.7 cm³/mol. The number of piperidine rings is 1. The molecular weight excluding hydrogens is 352 g/mol. The van der Waals surface area contributed by atoms with E-state index in [1.807, 2.05) is 11.8 Å². The van der Waals surface area contributed by atoms with E-state index in [1.165, 1.54) is 0 Å². The molecule has 3 heterocycles. The number of carbonyl (C=O) groups is 1. The van der Waals surface area contributed by atoms with Gasteiger partial charge in [-0.25, -0.2) is 8.42 Å². The number of rotatable bonds is 3. The molecule has 1 aromatic rings. The third kappa shape index (κ3) is 3.01. The summed E-state index contributed by atoms with van der Waals surface area (Å²) in [4.78, 5) is 14.9. The van der Waals surface area contributed by atoms with Gasteiger partial charge in [0.15, 0.2) is 6.10 Å². The molecule has 7 heteroatoms. The fourth-order valence-corrected chi connectivity index (χ4v) is 5.74. The van der Waals surface area contributed by atoms with Crippen molar-refractivity contribution in [3.63, 3.8) is 0 Å². The van der Waals surface area contributed by atoms with Gasteiger partial charge in [0.2, 0.25) is 10.0 Å². The third-order valence-corrected chi connectivity index (χ3v) is 7.69. The van der Waals surface area contributed by atoms with Crippen LogP contribution in [0.2, 0.25) is 0 Å². The molecule has 142 valence electrons. The van der Waals surface area contributed by atoms with Crippen molar-refractivity contribution in [1.29, 1.82) is 0 Å². The molecule has 26 heavy (non-hydrogen) atoms. The Kier molecular flexibility index (Phi) is 4.69. The number of benzene rings is 1. The second-order valence-corrected chi connectivity index (χ2v) is 9.46. The van der Waals surface area contributed by atoms with Gasteiger partial charge in [0.1, 0.15) is 5.75 Å². The molecule has 4 rings (SSSR count). The maximum atomic E-state index is 12.9. The van der Waals surface area contributed by atoms with E-state index in [0.29, 0.717) is 23.7 Å². The lowest BCUT2D eigenvalue weighted by Crippen LogP contribution is -2.40.